The van der Waals surface area contributed by atoms with Crippen molar-refractivity contribution in [2.45, 2.75) is 13.8 Å². The molecular formula is C13H18F2N2O2. The number of ether oxygens (including phenoxy) is 1. The zero-order chi connectivity index (χ0) is 14.4. The maximum atomic E-state index is 13.0. The number of hydrogen-bond donors (Lipinski definition) is 1. The summed E-state index contributed by atoms with van der Waals surface area (Å²) in [5.41, 5.74) is 5.17. The summed E-state index contributed by atoms with van der Waals surface area (Å²) in [7, 11) is 0. The second-order valence-corrected chi connectivity index (χ2v) is 4.02. The van der Waals surface area contributed by atoms with E-state index in [4.69, 9.17) is 10.5 Å². The summed E-state index contributed by atoms with van der Waals surface area (Å²) in [5, 5.41) is 0. The van der Waals surface area contributed by atoms with Crippen molar-refractivity contribution in [3.63, 3.8) is 0 Å². The van der Waals surface area contributed by atoms with Gasteiger partial charge < -0.3 is 15.4 Å². The lowest BCUT2D eigenvalue weighted by molar-refractivity contribution is 0.0467. The lowest BCUT2D eigenvalue weighted by atomic mass is 10.1. The van der Waals surface area contributed by atoms with Gasteiger partial charge in [-0.15, -0.1) is 0 Å². The number of carbonyl (C=O) groups is 1. The van der Waals surface area contributed by atoms with E-state index >= 15 is 0 Å². The van der Waals surface area contributed by atoms with Crippen LogP contribution in [0.3, 0.4) is 0 Å². The van der Waals surface area contributed by atoms with Gasteiger partial charge >= 0.3 is 5.97 Å². The molecule has 0 aromatic heterocycles. The maximum Gasteiger partial charge on any atom is 0.340 e. The number of rotatable bonds is 6. The monoisotopic (exact) mass is 272 g/mol. The summed E-state index contributed by atoms with van der Waals surface area (Å²) >= 11 is 0. The van der Waals surface area contributed by atoms with Crippen molar-refractivity contribution < 1.29 is 18.3 Å². The fraction of sp³-hybridized carbons (Fsp3) is 0.462. The average molecular weight is 272 g/mol. The highest BCUT2D eigenvalue weighted by Gasteiger charge is 2.15. The minimum atomic E-state index is -1.12. The molecule has 1 aromatic rings. The molecule has 0 saturated heterocycles. The van der Waals surface area contributed by atoms with Gasteiger partial charge in [-0.25, -0.2) is 13.6 Å². The van der Waals surface area contributed by atoms with E-state index in [9.17, 15) is 13.6 Å². The van der Waals surface area contributed by atoms with Crippen molar-refractivity contribution in [3.05, 3.63) is 29.3 Å². The highest BCUT2D eigenvalue weighted by molar-refractivity contribution is 5.95. The van der Waals surface area contributed by atoms with Gasteiger partial charge in [-0.3, -0.25) is 0 Å². The Labute approximate surface area is 111 Å². The molecule has 0 aliphatic heterocycles. The van der Waals surface area contributed by atoms with E-state index in [1.165, 1.54) is 0 Å². The Hall–Kier alpha value is -1.69. The molecule has 6 heteroatoms. The van der Waals surface area contributed by atoms with Crippen LogP contribution < -0.4 is 5.73 Å². The molecule has 0 spiro atoms. The molecule has 1 aromatic carbocycles. The summed E-state index contributed by atoms with van der Waals surface area (Å²) in [4.78, 5) is 13.7. The van der Waals surface area contributed by atoms with E-state index in [0.29, 0.717) is 6.54 Å². The quantitative estimate of drug-likeness (QED) is 0.636. The smallest absolute Gasteiger partial charge is 0.340 e. The van der Waals surface area contributed by atoms with Crippen molar-refractivity contribution in [2.24, 2.45) is 0 Å². The highest BCUT2D eigenvalue weighted by atomic mass is 19.2. The second kappa shape index (κ2) is 7.04. The summed E-state index contributed by atoms with van der Waals surface area (Å²) in [6, 6.07) is 1.53. The van der Waals surface area contributed by atoms with Gasteiger partial charge in [-0.2, -0.15) is 0 Å². The zero-order valence-electron chi connectivity index (χ0n) is 11.1. The Balaban J connectivity index is 2.61. The molecule has 0 radical (unpaired) electrons. The summed E-state index contributed by atoms with van der Waals surface area (Å²) in [6.45, 7) is 6.46. The average Bonchev–Trinajstić information content (AvgIpc) is 2.38. The normalized spacial score (nSPS) is 10.8. The van der Waals surface area contributed by atoms with E-state index in [1.54, 1.807) is 0 Å². The Morgan fingerprint density at radius 2 is 1.84 bits per heavy atom. The molecule has 106 valence electrons. The van der Waals surface area contributed by atoms with Crippen LogP contribution in [0.1, 0.15) is 24.2 Å². The first-order valence-electron chi connectivity index (χ1n) is 6.13. The first-order chi connectivity index (χ1) is 8.99. The standard InChI is InChI=1S/C13H18F2N2O2/c1-3-17(4-2)5-6-19-13(18)9-7-10(14)11(15)8-12(9)16/h7-8H,3-6,16H2,1-2H3. The second-order valence-electron chi connectivity index (χ2n) is 4.02. The lowest BCUT2D eigenvalue weighted by Gasteiger charge is -2.17. The number of halogens is 2. The maximum absolute atomic E-state index is 13.0. The molecule has 0 aliphatic rings. The van der Waals surface area contributed by atoms with Crippen molar-refractivity contribution in [1.82, 2.24) is 4.90 Å². The van der Waals surface area contributed by atoms with Crippen LogP contribution in [0.4, 0.5) is 14.5 Å². The minimum Gasteiger partial charge on any atom is -0.461 e. The van der Waals surface area contributed by atoms with Gasteiger partial charge in [0.25, 0.3) is 0 Å². The van der Waals surface area contributed by atoms with Gasteiger partial charge in [0.05, 0.1) is 5.56 Å². The van der Waals surface area contributed by atoms with Crippen molar-refractivity contribution >= 4 is 11.7 Å². The number of likely N-dealkylation sites (N-methyl/N-ethyl adjacent to an activating group) is 1. The third-order valence-electron chi connectivity index (χ3n) is 2.85. The number of nitrogen functional groups attached to an aromatic ring is 1. The van der Waals surface area contributed by atoms with Gasteiger partial charge in [0, 0.05) is 18.3 Å². The number of carbonyl (C=O) groups excluding carboxylic acids is 1. The van der Waals surface area contributed by atoms with Crippen LogP contribution in [-0.2, 0) is 4.74 Å². The molecule has 0 unspecified atom stereocenters. The van der Waals surface area contributed by atoms with Gasteiger partial charge in [0.15, 0.2) is 11.6 Å². The molecule has 0 atom stereocenters. The van der Waals surface area contributed by atoms with Gasteiger partial charge in [-0.1, -0.05) is 13.8 Å². The summed E-state index contributed by atoms with van der Waals surface area (Å²) in [6.07, 6.45) is 0. The molecular weight excluding hydrogens is 254 g/mol. The first kappa shape index (κ1) is 15.4. The molecule has 0 aliphatic carbocycles. The van der Waals surface area contributed by atoms with E-state index < -0.39 is 17.6 Å². The van der Waals surface area contributed by atoms with Crippen LogP contribution >= 0.6 is 0 Å². The first-order valence-corrected chi connectivity index (χ1v) is 6.13. The number of nitrogens with zero attached hydrogens (tertiary/aromatic N) is 1. The number of nitrogens with two attached hydrogens (primary N) is 1. The molecule has 1 rings (SSSR count). The topological polar surface area (TPSA) is 55.6 Å². The van der Waals surface area contributed by atoms with Gasteiger partial charge in [0.1, 0.15) is 6.61 Å². The summed E-state index contributed by atoms with van der Waals surface area (Å²) < 4.78 is 30.9. The van der Waals surface area contributed by atoms with Crippen molar-refractivity contribution in [3.8, 4) is 0 Å². The minimum absolute atomic E-state index is 0.133. The Kier molecular flexibility index (Phi) is 5.69. The molecule has 0 amide bonds. The third kappa shape index (κ3) is 4.17. The zero-order valence-corrected chi connectivity index (χ0v) is 11.1. The predicted octanol–water partition coefficient (Wildman–Crippen LogP) is 2.05. The molecule has 0 bridgehead atoms. The highest BCUT2D eigenvalue weighted by Crippen LogP contribution is 2.17. The number of hydrogen-bond acceptors (Lipinski definition) is 4. The Morgan fingerprint density at radius 1 is 1.26 bits per heavy atom. The molecule has 0 fully saturated rings. The molecule has 2 N–H and O–H groups in total. The Bertz CT molecular complexity index is 449. The fourth-order valence-electron chi connectivity index (χ4n) is 1.62. The van der Waals surface area contributed by atoms with Crippen LogP contribution in [0.15, 0.2) is 12.1 Å². The number of esters is 1. The van der Waals surface area contributed by atoms with E-state index in [-0.39, 0.29) is 17.9 Å². The number of benzene rings is 1. The molecule has 4 nitrogen and oxygen atoms in total. The van der Waals surface area contributed by atoms with Gasteiger partial charge in [-0.05, 0) is 19.2 Å². The summed E-state index contributed by atoms with van der Waals surface area (Å²) in [5.74, 6) is -2.95. The lowest BCUT2D eigenvalue weighted by Crippen LogP contribution is -2.28. The van der Waals surface area contributed by atoms with E-state index in [0.717, 1.165) is 25.2 Å². The molecule has 19 heavy (non-hydrogen) atoms. The van der Waals surface area contributed by atoms with Gasteiger partial charge in [0.2, 0.25) is 0 Å². The van der Waals surface area contributed by atoms with Crippen LogP contribution in [-0.4, -0.2) is 37.1 Å². The SMILES string of the molecule is CCN(CC)CCOC(=O)c1cc(F)c(F)cc1N. The fourth-order valence-corrected chi connectivity index (χ4v) is 1.62. The Morgan fingerprint density at radius 3 is 2.42 bits per heavy atom. The van der Waals surface area contributed by atoms with Crippen LogP contribution in [0.5, 0.6) is 0 Å². The largest absolute Gasteiger partial charge is 0.461 e. The third-order valence-corrected chi connectivity index (χ3v) is 2.85. The van der Waals surface area contributed by atoms with Crippen molar-refractivity contribution in [2.75, 3.05) is 32.0 Å². The van der Waals surface area contributed by atoms with Crippen LogP contribution in [0.25, 0.3) is 0 Å². The van der Waals surface area contributed by atoms with E-state index in [2.05, 4.69) is 4.90 Å². The molecule has 0 heterocycles. The van der Waals surface area contributed by atoms with Crippen LogP contribution in [0, 0.1) is 11.6 Å². The number of anilines is 1. The van der Waals surface area contributed by atoms with Crippen LogP contribution in [0.2, 0.25) is 0 Å². The van der Waals surface area contributed by atoms with Crippen molar-refractivity contribution in [1.29, 1.82) is 0 Å². The van der Waals surface area contributed by atoms with E-state index in [1.807, 2.05) is 13.8 Å². The predicted molar refractivity (Wildman–Crippen MR) is 68.8 cm³/mol. The molecule has 0 saturated carbocycles.